The predicted molar refractivity (Wildman–Crippen MR) is 73.2 cm³/mol. The number of nitrogens with zero attached hydrogens (tertiary/aromatic N) is 1. The van der Waals surface area contributed by atoms with Gasteiger partial charge in [-0.1, -0.05) is 11.6 Å². The van der Waals surface area contributed by atoms with Gasteiger partial charge in [-0.05, 0) is 42.5 Å². The number of fused-ring (bicyclic) bond motifs is 1. The van der Waals surface area contributed by atoms with Crippen molar-refractivity contribution in [1.29, 1.82) is 0 Å². The normalized spacial score (nSPS) is 11.2. The Morgan fingerprint density at radius 1 is 1.10 bits per heavy atom. The van der Waals surface area contributed by atoms with Gasteiger partial charge in [0.1, 0.15) is 11.6 Å². The maximum absolute atomic E-state index is 12.1. The fourth-order valence-corrected chi connectivity index (χ4v) is 2.08. The molecule has 0 fully saturated rings. The molecule has 1 aromatic heterocycles. The van der Waals surface area contributed by atoms with E-state index in [-0.39, 0.29) is 5.75 Å². The largest absolute Gasteiger partial charge is 0.435 e. The van der Waals surface area contributed by atoms with Crippen LogP contribution in [0.25, 0.3) is 22.4 Å². The molecule has 0 aliphatic heterocycles. The summed E-state index contributed by atoms with van der Waals surface area (Å²) in [7, 11) is 0. The standard InChI is InChI=1S/C14H9ClF2N2O/c15-9-3-6-11-12(7-9)19-13(18-11)8-1-4-10(5-2-8)20-14(16)17/h1-7,14H,(H,18,19). The molecule has 102 valence electrons. The minimum atomic E-state index is -2.82. The van der Waals surface area contributed by atoms with Gasteiger partial charge in [0.2, 0.25) is 0 Å². The van der Waals surface area contributed by atoms with Gasteiger partial charge in [0.05, 0.1) is 11.0 Å². The van der Waals surface area contributed by atoms with Crippen LogP contribution in [-0.2, 0) is 0 Å². The Bertz CT molecular complexity index is 741. The third kappa shape index (κ3) is 2.58. The molecule has 3 nitrogen and oxygen atoms in total. The van der Waals surface area contributed by atoms with E-state index < -0.39 is 6.61 Å². The van der Waals surface area contributed by atoms with E-state index in [9.17, 15) is 8.78 Å². The Hall–Kier alpha value is -2.14. The van der Waals surface area contributed by atoms with E-state index in [0.717, 1.165) is 16.6 Å². The van der Waals surface area contributed by atoms with Crippen molar-refractivity contribution < 1.29 is 13.5 Å². The number of aromatic amines is 1. The number of hydrogen-bond acceptors (Lipinski definition) is 2. The lowest BCUT2D eigenvalue weighted by Crippen LogP contribution is -2.01. The molecule has 0 saturated heterocycles. The molecule has 0 aliphatic carbocycles. The quantitative estimate of drug-likeness (QED) is 0.773. The molecule has 0 amide bonds. The highest BCUT2D eigenvalue weighted by Gasteiger charge is 2.07. The van der Waals surface area contributed by atoms with Crippen LogP contribution in [0, 0.1) is 0 Å². The van der Waals surface area contributed by atoms with E-state index in [2.05, 4.69) is 14.7 Å². The van der Waals surface area contributed by atoms with Crippen LogP contribution in [0.15, 0.2) is 42.5 Å². The second kappa shape index (κ2) is 5.09. The summed E-state index contributed by atoms with van der Waals surface area (Å²) >= 11 is 5.91. The van der Waals surface area contributed by atoms with E-state index in [1.54, 1.807) is 24.3 Å². The van der Waals surface area contributed by atoms with Gasteiger partial charge >= 0.3 is 6.61 Å². The molecular weight excluding hydrogens is 286 g/mol. The zero-order valence-corrected chi connectivity index (χ0v) is 10.9. The Kier molecular flexibility index (Phi) is 3.28. The number of ether oxygens (including phenoxy) is 1. The topological polar surface area (TPSA) is 37.9 Å². The SMILES string of the molecule is FC(F)Oc1ccc(-c2nc3ccc(Cl)cc3[nH]2)cc1. The molecule has 0 aliphatic rings. The minimum absolute atomic E-state index is 0.114. The van der Waals surface area contributed by atoms with E-state index >= 15 is 0 Å². The average molecular weight is 295 g/mol. The lowest BCUT2D eigenvalue weighted by molar-refractivity contribution is -0.0498. The Labute approximate surface area is 118 Å². The summed E-state index contributed by atoms with van der Waals surface area (Å²) in [5, 5.41) is 0.619. The molecule has 0 atom stereocenters. The number of halogens is 3. The van der Waals surface area contributed by atoms with Crippen LogP contribution in [0.3, 0.4) is 0 Å². The monoisotopic (exact) mass is 294 g/mol. The number of H-pyrrole nitrogens is 1. The first kappa shape index (κ1) is 12.9. The van der Waals surface area contributed by atoms with Gasteiger partial charge in [-0.3, -0.25) is 0 Å². The fraction of sp³-hybridized carbons (Fsp3) is 0.0714. The van der Waals surface area contributed by atoms with Crippen LogP contribution in [0.2, 0.25) is 5.02 Å². The lowest BCUT2D eigenvalue weighted by atomic mass is 10.2. The Balaban J connectivity index is 1.94. The molecule has 0 radical (unpaired) electrons. The molecule has 0 unspecified atom stereocenters. The zero-order chi connectivity index (χ0) is 14.1. The number of aromatic nitrogens is 2. The second-order valence-corrected chi connectivity index (χ2v) is 4.59. The van der Waals surface area contributed by atoms with Gasteiger partial charge in [-0.15, -0.1) is 0 Å². The van der Waals surface area contributed by atoms with Crippen molar-refractivity contribution in [3.8, 4) is 17.1 Å². The molecule has 6 heteroatoms. The van der Waals surface area contributed by atoms with Gasteiger partial charge in [-0.25, -0.2) is 4.98 Å². The number of benzene rings is 2. The van der Waals surface area contributed by atoms with Crippen molar-refractivity contribution in [3.63, 3.8) is 0 Å². The minimum Gasteiger partial charge on any atom is -0.435 e. The summed E-state index contributed by atoms with van der Waals surface area (Å²) in [4.78, 5) is 7.54. The second-order valence-electron chi connectivity index (χ2n) is 4.15. The van der Waals surface area contributed by atoms with Crippen LogP contribution >= 0.6 is 11.6 Å². The molecule has 0 saturated carbocycles. The van der Waals surface area contributed by atoms with Crippen molar-refractivity contribution in [3.05, 3.63) is 47.5 Å². The maximum atomic E-state index is 12.1. The highest BCUT2D eigenvalue weighted by molar-refractivity contribution is 6.31. The predicted octanol–water partition coefficient (Wildman–Crippen LogP) is 4.48. The van der Waals surface area contributed by atoms with E-state index in [4.69, 9.17) is 11.6 Å². The van der Waals surface area contributed by atoms with Gasteiger partial charge in [0, 0.05) is 10.6 Å². The van der Waals surface area contributed by atoms with Gasteiger partial charge in [0.25, 0.3) is 0 Å². The molecule has 3 rings (SSSR count). The number of alkyl halides is 2. The molecule has 0 spiro atoms. The van der Waals surface area contributed by atoms with E-state index in [1.165, 1.54) is 12.1 Å². The van der Waals surface area contributed by atoms with E-state index in [1.807, 2.05) is 6.07 Å². The lowest BCUT2D eigenvalue weighted by Gasteiger charge is -2.04. The summed E-state index contributed by atoms with van der Waals surface area (Å²) in [6.07, 6.45) is 0. The van der Waals surface area contributed by atoms with Gasteiger partial charge in [0.15, 0.2) is 0 Å². The molecule has 0 bridgehead atoms. The third-order valence-electron chi connectivity index (χ3n) is 2.80. The number of imidazole rings is 1. The molecular formula is C14H9ClF2N2O. The number of hydrogen-bond donors (Lipinski definition) is 1. The van der Waals surface area contributed by atoms with Crippen molar-refractivity contribution in [2.75, 3.05) is 0 Å². The summed E-state index contributed by atoms with van der Waals surface area (Å²) in [6, 6.07) is 11.6. The summed E-state index contributed by atoms with van der Waals surface area (Å²) in [6.45, 7) is -2.82. The molecule has 1 N–H and O–H groups in total. The van der Waals surface area contributed by atoms with Gasteiger partial charge in [-0.2, -0.15) is 8.78 Å². The van der Waals surface area contributed by atoms with Gasteiger partial charge < -0.3 is 9.72 Å². The third-order valence-corrected chi connectivity index (χ3v) is 3.03. The van der Waals surface area contributed by atoms with Crippen molar-refractivity contribution in [2.45, 2.75) is 6.61 Å². The number of rotatable bonds is 3. The summed E-state index contributed by atoms with van der Waals surface area (Å²) in [5.74, 6) is 0.758. The van der Waals surface area contributed by atoms with Crippen LogP contribution in [0.5, 0.6) is 5.75 Å². The highest BCUT2D eigenvalue weighted by atomic mass is 35.5. The van der Waals surface area contributed by atoms with Crippen LogP contribution < -0.4 is 4.74 Å². The smallest absolute Gasteiger partial charge is 0.387 e. The molecule has 20 heavy (non-hydrogen) atoms. The Morgan fingerprint density at radius 2 is 1.85 bits per heavy atom. The first-order valence-electron chi connectivity index (χ1n) is 5.82. The fourth-order valence-electron chi connectivity index (χ4n) is 1.91. The van der Waals surface area contributed by atoms with E-state index in [0.29, 0.717) is 10.8 Å². The Morgan fingerprint density at radius 3 is 2.55 bits per heavy atom. The maximum Gasteiger partial charge on any atom is 0.387 e. The number of nitrogens with one attached hydrogen (secondary N) is 1. The molecule has 3 aromatic rings. The van der Waals surface area contributed by atoms with Crippen LogP contribution in [0.4, 0.5) is 8.78 Å². The first-order valence-corrected chi connectivity index (χ1v) is 6.20. The molecule has 1 heterocycles. The highest BCUT2D eigenvalue weighted by Crippen LogP contribution is 2.25. The van der Waals surface area contributed by atoms with Crippen molar-refractivity contribution >= 4 is 22.6 Å². The molecule has 2 aromatic carbocycles. The zero-order valence-electron chi connectivity index (χ0n) is 10.1. The van der Waals surface area contributed by atoms with Crippen LogP contribution in [-0.4, -0.2) is 16.6 Å². The average Bonchev–Trinajstić information content (AvgIpc) is 2.81. The van der Waals surface area contributed by atoms with Crippen LogP contribution in [0.1, 0.15) is 0 Å². The van der Waals surface area contributed by atoms with Crippen molar-refractivity contribution in [1.82, 2.24) is 9.97 Å². The van der Waals surface area contributed by atoms with Crippen molar-refractivity contribution in [2.24, 2.45) is 0 Å². The summed E-state index contributed by atoms with van der Waals surface area (Å²) < 4.78 is 28.4. The first-order chi connectivity index (χ1) is 9.61. The summed E-state index contributed by atoms with van der Waals surface area (Å²) in [5.41, 5.74) is 2.39.